The third-order valence-electron chi connectivity index (χ3n) is 4.87. The highest BCUT2D eigenvalue weighted by molar-refractivity contribution is 7.80. The van der Waals surface area contributed by atoms with E-state index in [-0.39, 0.29) is 5.91 Å². The van der Waals surface area contributed by atoms with Crippen molar-refractivity contribution in [2.45, 2.75) is 53.0 Å². The van der Waals surface area contributed by atoms with E-state index in [9.17, 15) is 4.79 Å². The predicted octanol–water partition coefficient (Wildman–Crippen LogP) is 2.02. The maximum absolute atomic E-state index is 12.9. The number of amides is 1. The highest BCUT2D eigenvalue weighted by atomic mass is 32.1. The van der Waals surface area contributed by atoms with Crippen LogP contribution >= 0.6 is 12.2 Å². The van der Waals surface area contributed by atoms with Gasteiger partial charge < -0.3 is 10.6 Å². The van der Waals surface area contributed by atoms with Gasteiger partial charge in [0.25, 0.3) is 0 Å². The Labute approximate surface area is 128 Å². The number of hydrogen-bond acceptors (Lipinski definition) is 3. The van der Waals surface area contributed by atoms with Crippen molar-refractivity contribution in [3.8, 4) is 0 Å². The molecule has 0 aromatic heterocycles. The second-order valence-corrected chi connectivity index (χ2v) is 6.01. The third kappa shape index (κ3) is 3.14. The van der Waals surface area contributed by atoms with E-state index >= 15 is 0 Å². The first-order valence-electron chi connectivity index (χ1n) is 7.80. The fourth-order valence-electron chi connectivity index (χ4n) is 3.27. The summed E-state index contributed by atoms with van der Waals surface area (Å²) in [6, 6.07) is 0.478. The fraction of sp³-hybridized carbons (Fsp3) is 0.867. The second-order valence-electron chi connectivity index (χ2n) is 5.57. The standard InChI is InChI=1S/C15H29N3OS/c1-5-15(6-2,13(16)20)14(19)18-10-9-12(11-18)17(7-3)8-4/h12H,5-11H2,1-4H3,(H2,16,20). The largest absolute Gasteiger partial charge is 0.392 e. The summed E-state index contributed by atoms with van der Waals surface area (Å²) >= 11 is 5.19. The number of likely N-dealkylation sites (tertiary alicyclic amines) is 1. The van der Waals surface area contributed by atoms with E-state index in [4.69, 9.17) is 18.0 Å². The van der Waals surface area contributed by atoms with Gasteiger partial charge in [-0.3, -0.25) is 9.69 Å². The monoisotopic (exact) mass is 299 g/mol. The first-order chi connectivity index (χ1) is 9.46. The Morgan fingerprint density at radius 2 is 1.85 bits per heavy atom. The molecule has 1 amide bonds. The van der Waals surface area contributed by atoms with Gasteiger partial charge in [-0.05, 0) is 32.4 Å². The van der Waals surface area contributed by atoms with Crippen LogP contribution in [-0.2, 0) is 4.79 Å². The maximum atomic E-state index is 12.9. The zero-order valence-electron chi connectivity index (χ0n) is 13.3. The van der Waals surface area contributed by atoms with E-state index in [2.05, 4.69) is 18.7 Å². The fourth-order valence-corrected chi connectivity index (χ4v) is 3.65. The average molecular weight is 299 g/mol. The molecular weight excluding hydrogens is 270 g/mol. The normalized spacial score (nSPS) is 19.6. The minimum absolute atomic E-state index is 0.129. The SMILES string of the molecule is CCN(CC)C1CCN(C(=O)C(CC)(CC)C(N)=S)C1. The molecule has 0 bridgehead atoms. The zero-order valence-corrected chi connectivity index (χ0v) is 14.1. The van der Waals surface area contributed by atoms with Gasteiger partial charge >= 0.3 is 0 Å². The summed E-state index contributed by atoms with van der Waals surface area (Å²) in [5, 5.41) is 0. The molecule has 0 aliphatic carbocycles. The van der Waals surface area contributed by atoms with Crippen LogP contribution in [0.1, 0.15) is 47.0 Å². The Kier molecular flexibility index (Phi) is 6.40. The van der Waals surface area contributed by atoms with Crippen molar-refractivity contribution < 1.29 is 4.79 Å². The number of carbonyl (C=O) groups excluding carboxylic acids is 1. The summed E-state index contributed by atoms with van der Waals surface area (Å²) in [7, 11) is 0. The topological polar surface area (TPSA) is 49.6 Å². The lowest BCUT2D eigenvalue weighted by atomic mass is 9.81. The van der Waals surface area contributed by atoms with E-state index in [0.717, 1.165) is 32.6 Å². The van der Waals surface area contributed by atoms with Gasteiger partial charge in [-0.15, -0.1) is 0 Å². The smallest absolute Gasteiger partial charge is 0.235 e. The maximum Gasteiger partial charge on any atom is 0.235 e. The van der Waals surface area contributed by atoms with Crippen molar-refractivity contribution >= 4 is 23.1 Å². The van der Waals surface area contributed by atoms with Crippen LogP contribution in [0.15, 0.2) is 0 Å². The molecule has 1 heterocycles. The van der Waals surface area contributed by atoms with E-state index in [1.54, 1.807) is 0 Å². The van der Waals surface area contributed by atoms with Crippen LogP contribution in [0.25, 0.3) is 0 Å². The van der Waals surface area contributed by atoms with Crippen molar-refractivity contribution in [1.29, 1.82) is 0 Å². The van der Waals surface area contributed by atoms with Crippen molar-refractivity contribution in [3.63, 3.8) is 0 Å². The van der Waals surface area contributed by atoms with Gasteiger partial charge in [0, 0.05) is 19.1 Å². The zero-order chi connectivity index (χ0) is 15.3. The molecule has 1 rings (SSSR count). The molecule has 1 aliphatic heterocycles. The van der Waals surface area contributed by atoms with Gasteiger partial charge in [0.15, 0.2) is 0 Å². The summed E-state index contributed by atoms with van der Waals surface area (Å²) in [5.74, 6) is 0.129. The average Bonchev–Trinajstić information content (AvgIpc) is 2.91. The third-order valence-corrected chi connectivity index (χ3v) is 5.26. The molecular formula is C15H29N3OS. The second kappa shape index (κ2) is 7.36. The molecule has 1 aliphatic rings. The predicted molar refractivity (Wildman–Crippen MR) is 87.7 cm³/mol. The van der Waals surface area contributed by atoms with Gasteiger partial charge in [-0.2, -0.15) is 0 Å². The van der Waals surface area contributed by atoms with Crippen molar-refractivity contribution in [3.05, 3.63) is 0 Å². The summed E-state index contributed by atoms with van der Waals surface area (Å²) < 4.78 is 0. The van der Waals surface area contributed by atoms with Crippen LogP contribution in [-0.4, -0.2) is 52.9 Å². The number of hydrogen-bond donors (Lipinski definition) is 1. The van der Waals surface area contributed by atoms with Crippen LogP contribution < -0.4 is 5.73 Å². The number of nitrogens with zero attached hydrogens (tertiary/aromatic N) is 2. The number of thiocarbonyl (C=S) groups is 1. The Morgan fingerprint density at radius 1 is 1.30 bits per heavy atom. The Bertz CT molecular complexity index is 351. The van der Waals surface area contributed by atoms with Gasteiger partial charge in [-0.25, -0.2) is 0 Å². The number of nitrogens with two attached hydrogens (primary N) is 1. The van der Waals surface area contributed by atoms with Gasteiger partial charge in [0.05, 0.1) is 10.4 Å². The number of rotatable bonds is 7. The Balaban J connectivity index is 2.81. The molecule has 0 radical (unpaired) electrons. The van der Waals surface area contributed by atoms with Gasteiger partial charge in [0.2, 0.25) is 5.91 Å². The van der Waals surface area contributed by atoms with Crippen LogP contribution in [0.2, 0.25) is 0 Å². The summed E-state index contributed by atoms with van der Waals surface area (Å²) in [6.45, 7) is 12.0. The minimum Gasteiger partial charge on any atom is -0.392 e. The van der Waals surface area contributed by atoms with Crippen molar-refractivity contribution in [1.82, 2.24) is 9.80 Å². The lowest BCUT2D eigenvalue weighted by Crippen LogP contribution is -2.50. The molecule has 116 valence electrons. The van der Waals surface area contributed by atoms with E-state index in [1.165, 1.54) is 0 Å². The molecule has 0 aromatic carbocycles. The van der Waals surface area contributed by atoms with Crippen molar-refractivity contribution in [2.75, 3.05) is 26.2 Å². The van der Waals surface area contributed by atoms with Crippen LogP contribution in [0.4, 0.5) is 0 Å². The molecule has 4 nitrogen and oxygen atoms in total. The highest BCUT2D eigenvalue weighted by Gasteiger charge is 2.43. The minimum atomic E-state index is -0.645. The molecule has 1 unspecified atom stereocenters. The molecule has 1 saturated heterocycles. The summed E-state index contributed by atoms with van der Waals surface area (Å²) in [4.78, 5) is 17.6. The van der Waals surface area contributed by atoms with Crippen molar-refractivity contribution in [2.24, 2.45) is 11.1 Å². The van der Waals surface area contributed by atoms with Crippen LogP contribution in [0.5, 0.6) is 0 Å². The summed E-state index contributed by atoms with van der Waals surface area (Å²) in [6.07, 6.45) is 2.42. The van der Waals surface area contributed by atoms with E-state index in [0.29, 0.717) is 23.9 Å². The van der Waals surface area contributed by atoms with E-state index in [1.807, 2.05) is 18.7 Å². The quantitative estimate of drug-likeness (QED) is 0.731. The molecule has 2 N–H and O–H groups in total. The lowest BCUT2D eigenvalue weighted by Gasteiger charge is -2.34. The molecule has 1 atom stereocenters. The molecule has 5 heteroatoms. The Morgan fingerprint density at radius 3 is 2.25 bits per heavy atom. The van der Waals surface area contributed by atoms with Crippen LogP contribution in [0, 0.1) is 5.41 Å². The first-order valence-corrected chi connectivity index (χ1v) is 8.20. The lowest BCUT2D eigenvalue weighted by molar-refractivity contribution is -0.137. The Hall–Kier alpha value is -0.680. The number of carbonyl (C=O) groups is 1. The highest BCUT2D eigenvalue weighted by Crippen LogP contribution is 2.31. The van der Waals surface area contributed by atoms with Gasteiger partial charge in [-0.1, -0.05) is 39.9 Å². The number of likely N-dealkylation sites (N-methyl/N-ethyl adjacent to an activating group) is 1. The molecule has 0 spiro atoms. The van der Waals surface area contributed by atoms with E-state index < -0.39 is 5.41 Å². The molecule has 1 fully saturated rings. The molecule has 0 aromatic rings. The van der Waals surface area contributed by atoms with Crippen LogP contribution in [0.3, 0.4) is 0 Å². The first kappa shape index (κ1) is 17.4. The summed E-state index contributed by atoms with van der Waals surface area (Å²) in [5.41, 5.74) is 5.24. The molecule has 0 saturated carbocycles. The molecule has 20 heavy (non-hydrogen) atoms. The van der Waals surface area contributed by atoms with Gasteiger partial charge in [0.1, 0.15) is 0 Å².